The highest BCUT2D eigenvalue weighted by molar-refractivity contribution is 7.16. The first kappa shape index (κ1) is 6.55. The van der Waals surface area contributed by atoms with Gasteiger partial charge in [0.05, 0.1) is 6.16 Å². The lowest BCUT2D eigenvalue weighted by Crippen LogP contribution is -2.06. The Kier molecular flexibility index (Phi) is 2.83. The second kappa shape index (κ2) is 3.45. The van der Waals surface area contributed by atoms with Crippen molar-refractivity contribution in [3.8, 4) is 0 Å². The summed E-state index contributed by atoms with van der Waals surface area (Å²) in [6, 6.07) is 0. The quantitative estimate of drug-likeness (QED) is 0.478. The van der Waals surface area contributed by atoms with Crippen LogP contribution in [0.2, 0.25) is 0 Å². The topological polar surface area (TPSA) is 0 Å². The van der Waals surface area contributed by atoms with Crippen LogP contribution in [0.15, 0.2) is 0 Å². The van der Waals surface area contributed by atoms with Gasteiger partial charge in [-0.15, -0.1) is 0 Å². The van der Waals surface area contributed by atoms with Gasteiger partial charge in [-0.1, -0.05) is 19.3 Å². The van der Waals surface area contributed by atoms with E-state index in [9.17, 15) is 0 Å². The van der Waals surface area contributed by atoms with Crippen LogP contribution in [0, 0.1) is 5.92 Å². The zero-order valence-corrected chi connectivity index (χ0v) is 6.94. The van der Waals surface area contributed by atoms with Crippen LogP contribution in [0.3, 0.4) is 0 Å². The molecule has 0 aliphatic heterocycles. The van der Waals surface area contributed by atoms with Crippen LogP contribution < -0.4 is 0 Å². The van der Waals surface area contributed by atoms with Crippen LogP contribution in [0.1, 0.15) is 32.1 Å². The summed E-state index contributed by atoms with van der Waals surface area (Å²) in [5.74, 6) is 1.10. The average Bonchev–Trinajstić information content (AvgIpc) is 1.90. The molecule has 0 aromatic heterocycles. The van der Waals surface area contributed by atoms with Crippen molar-refractivity contribution >= 4 is 9.24 Å². The van der Waals surface area contributed by atoms with Gasteiger partial charge in [0.2, 0.25) is 0 Å². The third kappa shape index (κ3) is 1.74. The molecular weight excluding hydrogens is 115 g/mol. The zero-order chi connectivity index (χ0) is 5.82. The Balaban J connectivity index is 2.13. The minimum absolute atomic E-state index is 1.10. The van der Waals surface area contributed by atoms with Gasteiger partial charge in [0, 0.05) is 0 Å². The lowest BCUT2D eigenvalue weighted by molar-refractivity contribution is 0.391. The van der Waals surface area contributed by atoms with E-state index in [-0.39, 0.29) is 0 Å². The van der Waals surface area contributed by atoms with Gasteiger partial charge in [0.25, 0.3) is 0 Å². The van der Waals surface area contributed by atoms with Crippen molar-refractivity contribution in [1.29, 1.82) is 0 Å². The van der Waals surface area contributed by atoms with Crippen LogP contribution in [-0.4, -0.2) is 6.16 Å². The van der Waals surface area contributed by atoms with Gasteiger partial charge >= 0.3 is 0 Å². The molecule has 0 saturated heterocycles. The van der Waals surface area contributed by atoms with Crippen LogP contribution in [0.25, 0.3) is 0 Å². The van der Waals surface area contributed by atoms with E-state index in [1.165, 1.54) is 38.3 Å². The molecular formula is C7H16P+. The van der Waals surface area contributed by atoms with E-state index < -0.39 is 0 Å². The summed E-state index contributed by atoms with van der Waals surface area (Å²) in [5.41, 5.74) is 0. The Bertz CT molecular complexity index is 55.4. The number of rotatable bonds is 1. The third-order valence-electron chi connectivity index (χ3n) is 2.13. The maximum absolute atomic E-state index is 2.14. The summed E-state index contributed by atoms with van der Waals surface area (Å²) in [5, 5.41) is 0. The molecule has 1 fully saturated rings. The molecule has 1 heteroatoms. The molecule has 0 radical (unpaired) electrons. The Morgan fingerprint density at radius 3 is 2.12 bits per heavy atom. The monoisotopic (exact) mass is 131 g/mol. The largest absolute Gasteiger partial charge is 0.0554 e. The Labute approximate surface area is 54.3 Å². The van der Waals surface area contributed by atoms with Crippen molar-refractivity contribution in [3.63, 3.8) is 0 Å². The summed E-state index contributed by atoms with van der Waals surface area (Å²) >= 11 is 0. The molecule has 48 valence electrons. The maximum atomic E-state index is 2.14. The van der Waals surface area contributed by atoms with E-state index in [0.29, 0.717) is 0 Å². The minimum atomic E-state index is 1.10. The molecule has 0 nitrogen and oxygen atoms in total. The van der Waals surface area contributed by atoms with Crippen molar-refractivity contribution in [1.82, 2.24) is 0 Å². The van der Waals surface area contributed by atoms with E-state index in [1.807, 2.05) is 0 Å². The maximum Gasteiger partial charge on any atom is 0.0554 e. The molecule has 0 amide bonds. The van der Waals surface area contributed by atoms with Gasteiger partial charge in [-0.3, -0.25) is 0 Å². The van der Waals surface area contributed by atoms with Crippen molar-refractivity contribution in [2.24, 2.45) is 5.92 Å². The zero-order valence-electron chi connectivity index (χ0n) is 5.53. The van der Waals surface area contributed by atoms with Crippen molar-refractivity contribution in [3.05, 3.63) is 0 Å². The highest BCUT2D eigenvalue weighted by atomic mass is 31.0. The van der Waals surface area contributed by atoms with Gasteiger partial charge in [0.1, 0.15) is 0 Å². The fourth-order valence-electron chi connectivity index (χ4n) is 1.48. The lowest BCUT2D eigenvalue weighted by Gasteiger charge is -2.16. The predicted molar refractivity (Wildman–Crippen MR) is 42.5 cm³/mol. The highest BCUT2D eigenvalue weighted by Gasteiger charge is 2.11. The van der Waals surface area contributed by atoms with Crippen LogP contribution in [-0.2, 0) is 0 Å². The van der Waals surface area contributed by atoms with Crippen molar-refractivity contribution < 1.29 is 0 Å². The fraction of sp³-hybridized carbons (Fsp3) is 1.00. The third-order valence-corrected chi connectivity index (χ3v) is 2.95. The molecule has 0 bridgehead atoms. The molecule has 0 aromatic carbocycles. The molecule has 1 aliphatic rings. The second-order valence-electron chi connectivity index (χ2n) is 2.79. The average molecular weight is 131 g/mol. The molecule has 0 spiro atoms. The van der Waals surface area contributed by atoms with Crippen LogP contribution in [0.4, 0.5) is 0 Å². The summed E-state index contributed by atoms with van der Waals surface area (Å²) in [4.78, 5) is 0. The molecule has 1 aliphatic carbocycles. The molecule has 1 unspecified atom stereocenters. The Morgan fingerprint density at radius 2 is 1.75 bits per heavy atom. The number of hydrogen-bond donors (Lipinski definition) is 0. The molecule has 1 atom stereocenters. The Hall–Kier alpha value is 0.430. The van der Waals surface area contributed by atoms with E-state index in [0.717, 1.165) is 5.92 Å². The molecule has 1 saturated carbocycles. The first-order chi connectivity index (χ1) is 3.93. The van der Waals surface area contributed by atoms with Gasteiger partial charge in [0.15, 0.2) is 0 Å². The first-order valence-electron chi connectivity index (χ1n) is 3.72. The van der Waals surface area contributed by atoms with Gasteiger partial charge in [-0.2, -0.15) is 0 Å². The van der Waals surface area contributed by atoms with E-state index in [4.69, 9.17) is 0 Å². The van der Waals surface area contributed by atoms with Crippen molar-refractivity contribution in [2.75, 3.05) is 6.16 Å². The van der Waals surface area contributed by atoms with Crippen LogP contribution >= 0.6 is 9.24 Å². The standard InChI is InChI=1S/C7H15P/c8-6-7-4-2-1-3-5-7/h7H,1-6,8H2/p+1. The molecule has 1 rings (SSSR count). The minimum Gasteiger partial charge on any atom is -0.0533 e. The smallest absolute Gasteiger partial charge is 0.0533 e. The lowest BCUT2D eigenvalue weighted by atomic mass is 9.91. The van der Waals surface area contributed by atoms with Gasteiger partial charge in [-0.25, -0.2) is 0 Å². The number of hydrogen-bond acceptors (Lipinski definition) is 0. The van der Waals surface area contributed by atoms with Crippen LogP contribution in [0.5, 0.6) is 0 Å². The van der Waals surface area contributed by atoms with Gasteiger partial charge < -0.3 is 0 Å². The SMILES string of the molecule is [PH3+]CC1CCCCC1. The molecule has 8 heavy (non-hydrogen) atoms. The Morgan fingerprint density at radius 1 is 1.12 bits per heavy atom. The van der Waals surface area contributed by atoms with E-state index in [2.05, 4.69) is 9.24 Å². The highest BCUT2D eigenvalue weighted by Crippen LogP contribution is 2.24. The predicted octanol–water partition coefficient (Wildman–Crippen LogP) is 2.17. The molecule has 0 heterocycles. The second-order valence-corrected chi connectivity index (χ2v) is 3.37. The fourth-order valence-corrected chi connectivity index (χ4v) is 2.05. The first-order valence-corrected chi connectivity index (χ1v) is 4.72. The van der Waals surface area contributed by atoms with Gasteiger partial charge in [-0.05, 0) is 28.0 Å². The normalized spacial score (nSPS) is 24.0. The summed E-state index contributed by atoms with van der Waals surface area (Å²) in [6.07, 6.45) is 8.98. The summed E-state index contributed by atoms with van der Waals surface area (Å²) < 4.78 is 0. The molecule has 0 aromatic rings. The summed E-state index contributed by atoms with van der Waals surface area (Å²) in [6.45, 7) is 0. The van der Waals surface area contributed by atoms with E-state index >= 15 is 0 Å². The van der Waals surface area contributed by atoms with Crippen molar-refractivity contribution in [2.45, 2.75) is 32.1 Å². The van der Waals surface area contributed by atoms with E-state index in [1.54, 1.807) is 0 Å². The molecule has 0 N–H and O–H groups in total. The summed E-state index contributed by atoms with van der Waals surface area (Å²) in [7, 11) is 2.14.